The molecule has 13 heavy (non-hydrogen) atoms. The molecule has 0 heterocycles. The lowest BCUT2D eigenvalue weighted by atomic mass is 9.89. The number of halogens is 3. The maximum atomic E-state index is 12.1. The zero-order chi connectivity index (χ0) is 10.3. The van der Waals surface area contributed by atoms with E-state index in [1.54, 1.807) is 0 Å². The normalized spacial score (nSPS) is 30.5. The van der Waals surface area contributed by atoms with Crippen molar-refractivity contribution < 1.29 is 18.3 Å². The molecule has 0 amide bonds. The van der Waals surface area contributed by atoms with E-state index >= 15 is 0 Å². The maximum absolute atomic E-state index is 12.1. The molecule has 0 aromatic rings. The molecule has 1 saturated carbocycles. The van der Waals surface area contributed by atoms with E-state index in [0.29, 0.717) is 12.8 Å². The van der Waals surface area contributed by atoms with Gasteiger partial charge in [0.15, 0.2) is 6.10 Å². The standard InChI is InChI=1S/C9H15F3O/c1-8(2)4-3-6(5-8)7(13)9(10,11)12/h6-7,13H,3-5H2,1-2H3/t6?,7-/m0/s1. The molecular formula is C9H15F3O. The highest BCUT2D eigenvalue weighted by molar-refractivity contribution is 4.88. The van der Waals surface area contributed by atoms with Crippen LogP contribution in [0.15, 0.2) is 0 Å². The lowest BCUT2D eigenvalue weighted by Gasteiger charge is -2.22. The molecule has 1 fully saturated rings. The minimum atomic E-state index is -4.45. The van der Waals surface area contributed by atoms with Crippen LogP contribution in [0.25, 0.3) is 0 Å². The Labute approximate surface area is 75.9 Å². The van der Waals surface area contributed by atoms with Crippen LogP contribution in [0, 0.1) is 11.3 Å². The average Bonchev–Trinajstić information content (AvgIpc) is 2.26. The molecular weight excluding hydrogens is 181 g/mol. The highest BCUT2D eigenvalue weighted by Gasteiger charge is 2.47. The zero-order valence-corrected chi connectivity index (χ0v) is 7.86. The van der Waals surface area contributed by atoms with Gasteiger partial charge in [-0.25, -0.2) is 0 Å². The topological polar surface area (TPSA) is 20.2 Å². The predicted molar refractivity (Wildman–Crippen MR) is 43.2 cm³/mol. The van der Waals surface area contributed by atoms with Crippen LogP contribution >= 0.6 is 0 Å². The molecule has 1 rings (SSSR count). The third-order valence-corrected chi connectivity index (χ3v) is 2.79. The van der Waals surface area contributed by atoms with Gasteiger partial charge in [-0.1, -0.05) is 13.8 Å². The molecule has 1 N–H and O–H groups in total. The van der Waals surface area contributed by atoms with Crippen molar-refractivity contribution in [3.63, 3.8) is 0 Å². The number of aliphatic hydroxyl groups is 1. The largest absolute Gasteiger partial charge is 0.414 e. The van der Waals surface area contributed by atoms with Gasteiger partial charge in [-0.3, -0.25) is 0 Å². The number of hydrogen-bond acceptors (Lipinski definition) is 1. The fourth-order valence-corrected chi connectivity index (χ4v) is 2.03. The molecule has 0 spiro atoms. The summed E-state index contributed by atoms with van der Waals surface area (Å²) >= 11 is 0. The van der Waals surface area contributed by atoms with Gasteiger partial charge in [-0.2, -0.15) is 13.2 Å². The van der Waals surface area contributed by atoms with Gasteiger partial charge in [0.05, 0.1) is 0 Å². The van der Waals surface area contributed by atoms with Gasteiger partial charge in [-0.15, -0.1) is 0 Å². The van der Waals surface area contributed by atoms with E-state index in [1.807, 2.05) is 13.8 Å². The van der Waals surface area contributed by atoms with Crippen molar-refractivity contribution in [3.05, 3.63) is 0 Å². The Morgan fingerprint density at radius 2 is 1.92 bits per heavy atom. The van der Waals surface area contributed by atoms with Gasteiger partial charge in [-0.05, 0) is 30.6 Å². The minimum absolute atomic E-state index is 0.0447. The second kappa shape index (κ2) is 3.15. The van der Waals surface area contributed by atoms with Gasteiger partial charge < -0.3 is 5.11 Å². The quantitative estimate of drug-likeness (QED) is 0.683. The molecule has 0 aliphatic heterocycles. The van der Waals surface area contributed by atoms with Crippen LogP contribution in [0.1, 0.15) is 33.1 Å². The predicted octanol–water partition coefficient (Wildman–Crippen LogP) is 2.74. The third kappa shape index (κ3) is 2.59. The van der Waals surface area contributed by atoms with Gasteiger partial charge >= 0.3 is 6.18 Å². The lowest BCUT2D eigenvalue weighted by molar-refractivity contribution is -0.219. The van der Waals surface area contributed by atoms with E-state index < -0.39 is 18.2 Å². The van der Waals surface area contributed by atoms with Crippen molar-refractivity contribution in [3.8, 4) is 0 Å². The van der Waals surface area contributed by atoms with Crippen LogP contribution in [0.4, 0.5) is 13.2 Å². The Hall–Kier alpha value is -0.250. The molecule has 1 nitrogen and oxygen atoms in total. The summed E-state index contributed by atoms with van der Waals surface area (Å²) in [5.41, 5.74) is -0.0447. The summed E-state index contributed by atoms with van der Waals surface area (Å²) in [5.74, 6) is -0.602. The van der Waals surface area contributed by atoms with Crippen LogP contribution in [-0.4, -0.2) is 17.4 Å². The van der Waals surface area contributed by atoms with Gasteiger partial charge in [0.1, 0.15) is 0 Å². The van der Waals surface area contributed by atoms with Crippen LogP contribution < -0.4 is 0 Å². The molecule has 1 aliphatic rings. The fraction of sp³-hybridized carbons (Fsp3) is 1.00. The molecule has 2 atom stereocenters. The minimum Gasteiger partial charge on any atom is -0.383 e. The molecule has 0 radical (unpaired) electrons. The zero-order valence-electron chi connectivity index (χ0n) is 7.86. The molecule has 0 bridgehead atoms. The molecule has 1 unspecified atom stereocenters. The van der Waals surface area contributed by atoms with E-state index in [2.05, 4.69) is 0 Å². The number of aliphatic hydroxyl groups excluding tert-OH is 1. The van der Waals surface area contributed by atoms with Crippen molar-refractivity contribution in [1.82, 2.24) is 0 Å². The lowest BCUT2D eigenvalue weighted by Crippen LogP contribution is -2.35. The first-order valence-electron chi connectivity index (χ1n) is 4.47. The van der Waals surface area contributed by atoms with Gasteiger partial charge in [0.2, 0.25) is 0 Å². The highest BCUT2D eigenvalue weighted by atomic mass is 19.4. The van der Waals surface area contributed by atoms with Crippen molar-refractivity contribution in [1.29, 1.82) is 0 Å². The van der Waals surface area contributed by atoms with Crippen molar-refractivity contribution in [2.24, 2.45) is 11.3 Å². The van der Waals surface area contributed by atoms with E-state index in [1.165, 1.54) is 0 Å². The summed E-state index contributed by atoms with van der Waals surface area (Å²) in [7, 11) is 0. The Balaban J connectivity index is 2.57. The Bertz CT molecular complexity index is 186. The summed E-state index contributed by atoms with van der Waals surface area (Å²) in [6.07, 6.45) is -4.87. The first-order chi connectivity index (χ1) is 5.72. The Kier molecular flexibility index (Phi) is 2.63. The molecule has 0 aromatic carbocycles. The average molecular weight is 196 g/mol. The second-order valence-electron chi connectivity index (χ2n) is 4.65. The number of hydrogen-bond donors (Lipinski definition) is 1. The van der Waals surface area contributed by atoms with Gasteiger partial charge in [0, 0.05) is 0 Å². The van der Waals surface area contributed by atoms with Crippen molar-refractivity contribution in [2.75, 3.05) is 0 Å². The van der Waals surface area contributed by atoms with E-state index in [4.69, 9.17) is 5.11 Å². The molecule has 4 heteroatoms. The van der Waals surface area contributed by atoms with Crippen molar-refractivity contribution in [2.45, 2.75) is 45.4 Å². The van der Waals surface area contributed by atoms with Gasteiger partial charge in [0.25, 0.3) is 0 Å². The summed E-state index contributed by atoms with van der Waals surface area (Å²) in [4.78, 5) is 0. The Morgan fingerprint density at radius 3 is 2.23 bits per heavy atom. The van der Waals surface area contributed by atoms with Crippen LogP contribution in [0.2, 0.25) is 0 Å². The summed E-state index contributed by atoms with van der Waals surface area (Å²) in [5, 5.41) is 8.99. The fourth-order valence-electron chi connectivity index (χ4n) is 2.03. The second-order valence-corrected chi connectivity index (χ2v) is 4.65. The maximum Gasteiger partial charge on any atom is 0.414 e. The van der Waals surface area contributed by atoms with E-state index in [9.17, 15) is 13.2 Å². The monoisotopic (exact) mass is 196 g/mol. The summed E-state index contributed by atoms with van der Waals surface area (Å²) < 4.78 is 36.3. The molecule has 0 aromatic heterocycles. The first kappa shape index (κ1) is 10.8. The Morgan fingerprint density at radius 1 is 1.38 bits per heavy atom. The number of alkyl halides is 3. The molecule has 1 aliphatic carbocycles. The number of rotatable bonds is 1. The van der Waals surface area contributed by atoms with E-state index in [0.717, 1.165) is 6.42 Å². The smallest absolute Gasteiger partial charge is 0.383 e. The molecule has 0 saturated heterocycles. The summed E-state index contributed by atoms with van der Waals surface area (Å²) in [6, 6.07) is 0. The van der Waals surface area contributed by atoms with Crippen LogP contribution in [0.5, 0.6) is 0 Å². The first-order valence-corrected chi connectivity index (χ1v) is 4.47. The van der Waals surface area contributed by atoms with Crippen LogP contribution in [-0.2, 0) is 0 Å². The van der Waals surface area contributed by atoms with Crippen LogP contribution in [0.3, 0.4) is 0 Å². The highest BCUT2D eigenvalue weighted by Crippen LogP contribution is 2.45. The summed E-state index contributed by atoms with van der Waals surface area (Å²) in [6.45, 7) is 3.88. The van der Waals surface area contributed by atoms with Crippen molar-refractivity contribution >= 4 is 0 Å². The SMILES string of the molecule is CC1(C)CCC([C@H](O)C(F)(F)F)C1. The van der Waals surface area contributed by atoms with E-state index in [-0.39, 0.29) is 5.41 Å². The molecule has 78 valence electrons. The third-order valence-electron chi connectivity index (χ3n) is 2.79.